The van der Waals surface area contributed by atoms with Gasteiger partial charge >= 0.3 is 5.97 Å². The number of para-hydroxylation sites is 1. The summed E-state index contributed by atoms with van der Waals surface area (Å²) in [5.41, 5.74) is 2.13. The Labute approximate surface area is 172 Å². The molecule has 0 bridgehead atoms. The van der Waals surface area contributed by atoms with Crippen LogP contribution in [-0.2, 0) is 10.5 Å². The second-order valence-corrected chi connectivity index (χ2v) is 7.03. The van der Waals surface area contributed by atoms with Crippen molar-refractivity contribution in [3.8, 4) is 11.8 Å². The van der Waals surface area contributed by atoms with Gasteiger partial charge < -0.3 is 9.47 Å². The number of esters is 1. The van der Waals surface area contributed by atoms with Crippen LogP contribution < -0.4 is 4.74 Å². The first kappa shape index (κ1) is 20.4. The van der Waals surface area contributed by atoms with Crippen LogP contribution in [0.3, 0.4) is 0 Å². The Morgan fingerprint density at radius 2 is 1.69 bits per heavy atom. The van der Waals surface area contributed by atoms with E-state index in [1.54, 1.807) is 36.4 Å². The zero-order valence-corrected chi connectivity index (χ0v) is 16.3. The summed E-state index contributed by atoms with van der Waals surface area (Å²) < 4.78 is 24.1. The molecule has 0 saturated carbocycles. The smallest absolute Gasteiger partial charge is 0.339 e. The SMILES string of the molecule is N#Cc1ccc(CSc2ccccc2C(=O)OCCOc2ccccc2F)cc1. The molecule has 0 fully saturated rings. The minimum atomic E-state index is -0.455. The fourth-order valence-corrected chi connectivity index (χ4v) is 3.52. The molecule has 0 unspecified atom stereocenters. The third kappa shape index (κ3) is 5.84. The Hall–Kier alpha value is -3.30. The summed E-state index contributed by atoms with van der Waals surface area (Å²) in [7, 11) is 0. The Kier molecular flexibility index (Phi) is 7.26. The highest BCUT2D eigenvalue weighted by molar-refractivity contribution is 7.98. The first-order chi connectivity index (χ1) is 14.2. The Balaban J connectivity index is 1.54. The van der Waals surface area contributed by atoms with Crippen LogP contribution in [0.25, 0.3) is 0 Å². The van der Waals surface area contributed by atoms with Crippen LogP contribution in [0.5, 0.6) is 5.75 Å². The summed E-state index contributed by atoms with van der Waals surface area (Å²) in [6.07, 6.45) is 0. The molecule has 3 rings (SSSR count). The van der Waals surface area contributed by atoms with Crippen LogP contribution in [0, 0.1) is 17.1 Å². The summed E-state index contributed by atoms with van der Waals surface area (Å²) in [6.45, 7) is 0.0784. The Morgan fingerprint density at radius 3 is 2.45 bits per heavy atom. The predicted molar refractivity (Wildman–Crippen MR) is 109 cm³/mol. The molecule has 3 aromatic carbocycles. The van der Waals surface area contributed by atoms with E-state index in [1.807, 2.05) is 24.3 Å². The lowest BCUT2D eigenvalue weighted by atomic mass is 10.2. The molecule has 0 heterocycles. The van der Waals surface area contributed by atoms with Crippen LogP contribution in [-0.4, -0.2) is 19.2 Å². The monoisotopic (exact) mass is 407 g/mol. The van der Waals surface area contributed by atoms with E-state index < -0.39 is 11.8 Å². The highest BCUT2D eigenvalue weighted by atomic mass is 32.2. The van der Waals surface area contributed by atoms with E-state index >= 15 is 0 Å². The topological polar surface area (TPSA) is 59.3 Å². The van der Waals surface area contributed by atoms with Crippen LogP contribution >= 0.6 is 11.8 Å². The van der Waals surface area contributed by atoms with Gasteiger partial charge in [0.05, 0.1) is 17.2 Å². The van der Waals surface area contributed by atoms with Crippen molar-refractivity contribution < 1.29 is 18.7 Å². The molecule has 0 amide bonds. The molecule has 0 aliphatic carbocycles. The molecule has 146 valence electrons. The summed E-state index contributed by atoms with van der Waals surface area (Å²) in [4.78, 5) is 13.2. The van der Waals surface area contributed by atoms with Crippen molar-refractivity contribution in [2.75, 3.05) is 13.2 Å². The number of rotatable bonds is 8. The van der Waals surface area contributed by atoms with Gasteiger partial charge in [-0.1, -0.05) is 36.4 Å². The number of halogens is 1. The van der Waals surface area contributed by atoms with Gasteiger partial charge in [0.25, 0.3) is 0 Å². The molecule has 6 heteroatoms. The van der Waals surface area contributed by atoms with Gasteiger partial charge in [-0.3, -0.25) is 0 Å². The highest BCUT2D eigenvalue weighted by Gasteiger charge is 2.13. The lowest BCUT2D eigenvalue weighted by Crippen LogP contribution is -2.13. The zero-order valence-electron chi connectivity index (χ0n) is 15.5. The third-order valence-electron chi connectivity index (χ3n) is 4.00. The zero-order chi connectivity index (χ0) is 20.5. The average Bonchev–Trinajstić information content (AvgIpc) is 2.77. The van der Waals surface area contributed by atoms with Gasteiger partial charge in [0.1, 0.15) is 13.2 Å². The molecule has 0 saturated heterocycles. The fraction of sp³-hybridized carbons (Fsp3) is 0.130. The van der Waals surface area contributed by atoms with E-state index in [2.05, 4.69) is 6.07 Å². The first-order valence-electron chi connectivity index (χ1n) is 8.92. The van der Waals surface area contributed by atoms with Gasteiger partial charge in [-0.05, 0) is 42.0 Å². The molecule has 3 aromatic rings. The van der Waals surface area contributed by atoms with Crippen molar-refractivity contribution in [2.45, 2.75) is 10.6 Å². The molecule has 29 heavy (non-hydrogen) atoms. The average molecular weight is 407 g/mol. The van der Waals surface area contributed by atoms with Gasteiger partial charge in [-0.2, -0.15) is 5.26 Å². The van der Waals surface area contributed by atoms with Crippen LogP contribution in [0.1, 0.15) is 21.5 Å². The molecule has 0 aromatic heterocycles. The molecule has 0 N–H and O–H groups in total. The van der Waals surface area contributed by atoms with E-state index in [9.17, 15) is 9.18 Å². The lowest BCUT2D eigenvalue weighted by Gasteiger charge is -2.10. The number of ether oxygens (including phenoxy) is 2. The van der Waals surface area contributed by atoms with Gasteiger partial charge in [-0.15, -0.1) is 11.8 Å². The summed E-state index contributed by atoms with van der Waals surface area (Å²) in [6, 6.07) is 22.7. The molecular formula is C23H18FNO3S. The minimum absolute atomic E-state index is 0.0157. The van der Waals surface area contributed by atoms with E-state index in [-0.39, 0.29) is 19.0 Å². The van der Waals surface area contributed by atoms with E-state index in [1.165, 1.54) is 23.9 Å². The second-order valence-electron chi connectivity index (χ2n) is 6.01. The van der Waals surface area contributed by atoms with Gasteiger partial charge in [-0.25, -0.2) is 9.18 Å². The minimum Gasteiger partial charge on any atom is -0.487 e. The van der Waals surface area contributed by atoms with Crippen molar-refractivity contribution >= 4 is 17.7 Å². The van der Waals surface area contributed by atoms with Crippen molar-refractivity contribution in [3.63, 3.8) is 0 Å². The van der Waals surface area contributed by atoms with Crippen molar-refractivity contribution in [1.29, 1.82) is 5.26 Å². The Morgan fingerprint density at radius 1 is 0.966 bits per heavy atom. The number of carbonyl (C=O) groups is 1. The van der Waals surface area contributed by atoms with E-state index in [0.717, 1.165) is 10.5 Å². The summed E-state index contributed by atoms with van der Waals surface area (Å²) in [5.74, 6) is -0.123. The van der Waals surface area contributed by atoms with E-state index in [0.29, 0.717) is 16.9 Å². The van der Waals surface area contributed by atoms with Crippen molar-refractivity contribution in [3.05, 3.63) is 95.3 Å². The fourth-order valence-electron chi connectivity index (χ4n) is 2.52. The first-order valence-corrected chi connectivity index (χ1v) is 9.91. The molecule has 0 spiro atoms. The standard InChI is InChI=1S/C23H18FNO3S/c24-20-6-2-3-7-21(20)27-13-14-28-23(26)19-5-1-4-8-22(19)29-16-18-11-9-17(15-25)10-12-18/h1-12H,13-14,16H2. The van der Waals surface area contributed by atoms with Crippen LogP contribution in [0.2, 0.25) is 0 Å². The molecule has 4 nitrogen and oxygen atoms in total. The molecular weight excluding hydrogens is 389 g/mol. The van der Waals surface area contributed by atoms with Crippen molar-refractivity contribution in [2.24, 2.45) is 0 Å². The molecule has 0 radical (unpaired) electrons. The lowest BCUT2D eigenvalue weighted by molar-refractivity contribution is 0.0444. The van der Waals surface area contributed by atoms with Crippen LogP contribution in [0.15, 0.2) is 77.7 Å². The third-order valence-corrected chi connectivity index (χ3v) is 5.14. The molecule has 0 aliphatic rings. The van der Waals surface area contributed by atoms with E-state index in [4.69, 9.17) is 14.7 Å². The largest absolute Gasteiger partial charge is 0.487 e. The second kappa shape index (κ2) is 10.3. The maximum atomic E-state index is 13.5. The van der Waals surface area contributed by atoms with Gasteiger partial charge in [0.15, 0.2) is 11.6 Å². The maximum Gasteiger partial charge on any atom is 0.339 e. The number of hydrogen-bond donors (Lipinski definition) is 0. The van der Waals surface area contributed by atoms with Crippen LogP contribution in [0.4, 0.5) is 4.39 Å². The normalized spacial score (nSPS) is 10.2. The summed E-state index contributed by atoms with van der Waals surface area (Å²) in [5, 5.41) is 8.87. The summed E-state index contributed by atoms with van der Waals surface area (Å²) >= 11 is 1.52. The molecule has 0 aliphatic heterocycles. The quantitative estimate of drug-likeness (QED) is 0.291. The number of nitrogens with zero attached hydrogens (tertiary/aromatic N) is 1. The maximum absolute atomic E-state index is 13.5. The highest BCUT2D eigenvalue weighted by Crippen LogP contribution is 2.27. The molecule has 0 atom stereocenters. The van der Waals surface area contributed by atoms with Gasteiger partial charge in [0, 0.05) is 10.6 Å². The Bertz CT molecular complexity index is 1020. The number of nitriles is 1. The number of carbonyl (C=O) groups excluding carboxylic acids is 1. The number of thioether (sulfide) groups is 1. The number of benzene rings is 3. The van der Waals surface area contributed by atoms with Crippen molar-refractivity contribution in [1.82, 2.24) is 0 Å². The number of hydrogen-bond acceptors (Lipinski definition) is 5. The predicted octanol–water partition coefficient (Wildman–Crippen LogP) is 5.23. The van der Waals surface area contributed by atoms with Gasteiger partial charge in [0.2, 0.25) is 0 Å².